The van der Waals surface area contributed by atoms with Crippen LogP contribution in [0.3, 0.4) is 0 Å². The molecule has 1 aliphatic carbocycles. The zero-order valence-corrected chi connectivity index (χ0v) is 10.9. The molecular weight excluding hydrogens is 266 g/mol. The summed E-state index contributed by atoms with van der Waals surface area (Å²) in [6.07, 6.45) is 9.53. The number of nitrogen functional groups attached to an aromatic ring is 1. The molecule has 2 rings (SSSR count). The Labute approximate surface area is 104 Å². The maximum Gasteiger partial charge on any atom is 0.140 e. The van der Waals surface area contributed by atoms with Crippen molar-refractivity contribution in [1.29, 1.82) is 0 Å². The molecule has 0 aliphatic heterocycles. The molecule has 0 saturated heterocycles. The van der Waals surface area contributed by atoms with E-state index in [1.54, 1.807) is 6.20 Å². The molecule has 0 bridgehead atoms. The summed E-state index contributed by atoms with van der Waals surface area (Å²) < 4.78 is 0.974. The van der Waals surface area contributed by atoms with E-state index in [4.69, 9.17) is 5.73 Å². The van der Waals surface area contributed by atoms with Gasteiger partial charge in [0.15, 0.2) is 0 Å². The molecule has 3 N–H and O–H groups in total. The Morgan fingerprint density at radius 3 is 3.00 bits per heavy atom. The molecule has 1 unspecified atom stereocenters. The van der Waals surface area contributed by atoms with Crippen molar-refractivity contribution < 1.29 is 0 Å². The minimum atomic E-state index is 0.483. The number of nitrogens with one attached hydrogen (secondary N) is 1. The fourth-order valence-electron chi connectivity index (χ4n) is 1.81. The maximum absolute atomic E-state index is 5.79. The van der Waals surface area contributed by atoms with Gasteiger partial charge in [-0.2, -0.15) is 0 Å². The van der Waals surface area contributed by atoms with Gasteiger partial charge in [-0.3, -0.25) is 0 Å². The second kappa shape index (κ2) is 4.87. The van der Waals surface area contributed by atoms with E-state index >= 15 is 0 Å². The monoisotopic (exact) mass is 281 g/mol. The molecule has 3 nitrogen and oxygen atoms in total. The van der Waals surface area contributed by atoms with Crippen LogP contribution in [0.5, 0.6) is 0 Å². The number of hydrogen-bond donors (Lipinski definition) is 2. The average Bonchev–Trinajstić information content (AvgIpc) is 2.31. The number of pyridine rings is 1. The van der Waals surface area contributed by atoms with Crippen LogP contribution in [0.4, 0.5) is 11.5 Å². The summed E-state index contributed by atoms with van der Waals surface area (Å²) >= 11 is 3.53. The van der Waals surface area contributed by atoms with Gasteiger partial charge in [-0.25, -0.2) is 4.98 Å². The van der Waals surface area contributed by atoms with Crippen LogP contribution >= 0.6 is 15.9 Å². The number of rotatable bonds is 2. The van der Waals surface area contributed by atoms with Crippen molar-refractivity contribution >= 4 is 27.4 Å². The van der Waals surface area contributed by atoms with Crippen LogP contribution in [-0.2, 0) is 0 Å². The number of nitrogens with zero attached hydrogens (tertiary/aromatic N) is 1. The second-order valence-electron chi connectivity index (χ2n) is 4.13. The van der Waals surface area contributed by atoms with Gasteiger partial charge >= 0.3 is 0 Å². The average molecular weight is 282 g/mol. The van der Waals surface area contributed by atoms with Gasteiger partial charge in [0, 0.05) is 6.04 Å². The van der Waals surface area contributed by atoms with E-state index in [1.165, 1.54) is 0 Å². The third kappa shape index (κ3) is 2.38. The lowest BCUT2D eigenvalue weighted by Gasteiger charge is -2.21. The SMILES string of the molecule is Cc1c(N)cnc(NC2CC=CCC2)c1Br. The first-order valence-electron chi connectivity index (χ1n) is 5.50. The van der Waals surface area contributed by atoms with Crippen molar-refractivity contribution in [1.82, 2.24) is 4.98 Å². The quantitative estimate of drug-likeness (QED) is 0.819. The van der Waals surface area contributed by atoms with E-state index in [9.17, 15) is 0 Å². The Morgan fingerprint density at radius 1 is 1.50 bits per heavy atom. The van der Waals surface area contributed by atoms with E-state index in [0.717, 1.165) is 40.8 Å². The van der Waals surface area contributed by atoms with Crippen molar-refractivity contribution in [3.63, 3.8) is 0 Å². The maximum atomic E-state index is 5.79. The summed E-state index contributed by atoms with van der Waals surface area (Å²) in [5, 5.41) is 3.45. The minimum Gasteiger partial charge on any atom is -0.397 e. The Hall–Kier alpha value is -1.03. The van der Waals surface area contributed by atoms with Crippen LogP contribution in [-0.4, -0.2) is 11.0 Å². The molecule has 0 radical (unpaired) electrons. The lowest BCUT2D eigenvalue weighted by atomic mass is 10.0. The normalized spacial score (nSPS) is 19.8. The Kier molecular flexibility index (Phi) is 3.49. The molecule has 4 heteroatoms. The highest BCUT2D eigenvalue weighted by Crippen LogP contribution is 2.29. The van der Waals surface area contributed by atoms with E-state index in [1.807, 2.05) is 6.92 Å². The topological polar surface area (TPSA) is 50.9 Å². The highest BCUT2D eigenvalue weighted by Gasteiger charge is 2.13. The first kappa shape index (κ1) is 11.5. The zero-order valence-electron chi connectivity index (χ0n) is 9.33. The summed E-state index contributed by atoms with van der Waals surface area (Å²) in [5.74, 6) is 0.895. The van der Waals surface area contributed by atoms with Crippen LogP contribution in [0.25, 0.3) is 0 Å². The Bertz CT molecular complexity index is 415. The lowest BCUT2D eigenvalue weighted by molar-refractivity contribution is 0.641. The molecule has 86 valence electrons. The van der Waals surface area contributed by atoms with Crippen molar-refractivity contribution in [3.8, 4) is 0 Å². The van der Waals surface area contributed by atoms with Gasteiger partial charge in [0.05, 0.1) is 16.4 Å². The van der Waals surface area contributed by atoms with Crippen molar-refractivity contribution in [3.05, 3.63) is 28.4 Å². The summed E-state index contributed by atoms with van der Waals surface area (Å²) in [4.78, 5) is 4.33. The molecule has 1 aliphatic rings. The Balaban J connectivity index is 2.15. The first-order valence-corrected chi connectivity index (χ1v) is 6.30. The van der Waals surface area contributed by atoms with Gasteiger partial charge in [0.25, 0.3) is 0 Å². The predicted molar refractivity (Wildman–Crippen MR) is 71.5 cm³/mol. The van der Waals surface area contributed by atoms with Gasteiger partial charge in [-0.1, -0.05) is 12.2 Å². The first-order chi connectivity index (χ1) is 7.68. The fourth-order valence-corrected chi connectivity index (χ4v) is 2.26. The molecule has 0 spiro atoms. The third-order valence-electron chi connectivity index (χ3n) is 2.91. The molecule has 16 heavy (non-hydrogen) atoms. The number of hydrogen-bond acceptors (Lipinski definition) is 3. The molecule has 0 amide bonds. The van der Waals surface area contributed by atoms with Gasteiger partial charge < -0.3 is 11.1 Å². The van der Waals surface area contributed by atoms with E-state index in [2.05, 4.69) is 38.4 Å². The van der Waals surface area contributed by atoms with E-state index in [0.29, 0.717) is 6.04 Å². The molecule has 1 aromatic rings. The third-order valence-corrected chi connectivity index (χ3v) is 3.88. The number of anilines is 2. The van der Waals surface area contributed by atoms with Gasteiger partial charge in [-0.05, 0) is 47.7 Å². The summed E-state index contributed by atoms with van der Waals surface area (Å²) in [6, 6.07) is 0.483. The minimum absolute atomic E-state index is 0.483. The summed E-state index contributed by atoms with van der Waals surface area (Å²) in [6.45, 7) is 1.99. The van der Waals surface area contributed by atoms with E-state index < -0.39 is 0 Å². The van der Waals surface area contributed by atoms with Gasteiger partial charge in [0.1, 0.15) is 5.82 Å². The highest BCUT2D eigenvalue weighted by atomic mass is 79.9. The molecule has 1 aromatic heterocycles. The van der Waals surface area contributed by atoms with Crippen LogP contribution < -0.4 is 11.1 Å². The smallest absolute Gasteiger partial charge is 0.140 e. The molecule has 1 heterocycles. The zero-order chi connectivity index (χ0) is 11.5. The van der Waals surface area contributed by atoms with Gasteiger partial charge in [0.2, 0.25) is 0 Å². The van der Waals surface area contributed by atoms with Crippen molar-refractivity contribution in [2.45, 2.75) is 32.2 Å². The van der Waals surface area contributed by atoms with Crippen LogP contribution in [0.2, 0.25) is 0 Å². The standard InChI is InChI=1S/C12H16BrN3/c1-8-10(14)7-15-12(11(8)13)16-9-5-3-2-4-6-9/h2-3,7,9H,4-6,14H2,1H3,(H,15,16). The summed E-state index contributed by atoms with van der Waals surface area (Å²) in [7, 11) is 0. The molecule has 0 fully saturated rings. The second-order valence-corrected chi connectivity index (χ2v) is 4.92. The lowest BCUT2D eigenvalue weighted by Crippen LogP contribution is -2.21. The van der Waals surface area contributed by atoms with Crippen LogP contribution in [0.1, 0.15) is 24.8 Å². The largest absolute Gasteiger partial charge is 0.397 e. The predicted octanol–water partition coefficient (Wildman–Crippen LogP) is 3.26. The molecule has 0 aromatic carbocycles. The molecular formula is C12H16BrN3. The number of halogens is 1. The van der Waals surface area contributed by atoms with Crippen molar-refractivity contribution in [2.24, 2.45) is 0 Å². The van der Waals surface area contributed by atoms with Crippen molar-refractivity contribution in [2.75, 3.05) is 11.1 Å². The van der Waals surface area contributed by atoms with E-state index in [-0.39, 0.29) is 0 Å². The number of nitrogens with two attached hydrogens (primary N) is 1. The number of allylic oxidation sites excluding steroid dienone is 1. The highest BCUT2D eigenvalue weighted by molar-refractivity contribution is 9.10. The molecule has 1 atom stereocenters. The summed E-state index contributed by atoms with van der Waals surface area (Å²) in [5.41, 5.74) is 7.56. The van der Waals surface area contributed by atoms with Gasteiger partial charge in [-0.15, -0.1) is 0 Å². The Morgan fingerprint density at radius 2 is 2.31 bits per heavy atom. The fraction of sp³-hybridized carbons (Fsp3) is 0.417. The van der Waals surface area contributed by atoms with Crippen LogP contribution in [0.15, 0.2) is 22.8 Å². The molecule has 0 saturated carbocycles. The number of aromatic nitrogens is 1. The van der Waals surface area contributed by atoms with Crippen LogP contribution in [0, 0.1) is 6.92 Å².